The van der Waals surface area contributed by atoms with Crippen LogP contribution in [0.4, 0.5) is 0 Å². The fourth-order valence-electron chi connectivity index (χ4n) is 3.20. The van der Waals surface area contributed by atoms with Crippen LogP contribution in [-0.4, -0.2) is 22.5 Å². The number of esters is 1. The Morgan fingerprint density at radius 3 is 2.92 bits per heavy atom. The molecule has 0 unspecified atom stereocenters. The summed E-state index contributed by atoms with van der Waals surface area (Å²) >= 11 is 3.23. The Bertz CT molecular complexity index is 908. The van der Waals surface area contributed by atoms with E-state index in [0.717, 1.165) is 33.6 Å². The van der Waals surface area contributed by atoms with Gasteiger partial charge in [0.1, 0.15) is 21.4 Å². The van der Waals surface area contributed by atoms with E-state index in [1.165, 1.54) is 28.6 Å². The maximum atomic E-state index is 12.6. The van der Waals surface area contributed by atoms with Crippen molar-refractivity contribution in [1.29, 1.82) is 0 Å². The van der Waals surface area contributed by atoms with Crippen molar-refractivity contribution in [2.45, 2.75) is 36.5 Å². The van der Waals surface area contributed by atoms with Crippen LogP contribution in [0.5, 0.6) is 0 Å². The number of aromatic nitrogens is 2. The molecule has 2 aromatic heterocycles. The highest BCUT2D eigenvalue weighted by molar-refractivity contribution is 8.00. The summed E-state index contributed by atoms with van der Waals surface area (Å²) in [5.41, 5.74) is 2.31. The lowest BCUT2D eigenvalue weighted by Gasteiger charge is -2.15. The summed E-state index contributed by atoms with van der Waals surface area (Å²) < 4.78 is 5.32. The molecule has 0 saturated heterocycles. The Morgan fingerprint density at radius 1 is 1.28 bits per heavy atom. The Labute approximate surface area is 154 Å². The van der Waals surface area contributed by atoms with Crippen LogP contribution in [0, 0.1) is 0 Å². The third-order valence-corrected chi connectivity index (χ3v) is 6.73. The van der Waals surface area contributed by atoms with Gasteiger partial charge in [-0.3, -0.25) is 4.79 Å². The quantitative estimate of drug-likeness (QED) is 0.374. The molecular weight excluding hydrogens is 352 g/mol. The van der Waals surface area contributed by atoms with Crippen molar-refractivity contribution >= 4 is 39.3 Å². The highest BCUT2D eigenvalue weighted by atomic mass is 32.2. The number of thioether (sulfide) groups is 1. The van der Waals surface area contributed by atoms with Crippen molar-refractivity contribution in [3.63, 3.8) is 0 Å². The minimum Gasteiger partial charge on any atom is -0.465 e. The number of rotatable bonds is 5. The van der Waals surface area contributed by atoms with Crippen LogP contribution in [0.1, 0.15) is 34.6 Å². The van der Waals surface area contributed by atoms with E-state index >= 15 is 0 Å². The zero-order chi connectivity index (χ0) is 17.2. The topological polar surface area (TPSA) is 52.1 Å². The summed E-state index contributed by atoms with van der Waals surface area (Å²) in [6, 6.07) is 9.76. The number of carbonyl (C=O) groups excluding carboxylic acids is 1. The second-order valence-corrected chi connectivity index (χ2v) is 8.05. The van der Waals surface area contributed by atoms with E-state index in [9.17, 15) is 4.79 Å². The van der Waals surface area contributed by atoms with Crippen LogP contribution in [0.2, 0.25) is 0 Å². The van der Waals surface area contributed by atoms with Gasteiger partial charge < -0.3 is 4.74 Å². The first-order valence-electron chi connectivity index (χ1n) is 8.41. The fraction of sp³-hybridized carbons (Fsp3) is 0.316. The van der Waals surface area contributed by atoms with Crippen molar-refractivity contribution in [2.75, 3.05) is 6.61 Å². The van der Waals surface area contributed by atoms with Crippen LogP contribution < -0.4 is 0 Å². The SMILES string of the molecule is CCOC(=O)[C@@H](Sc1ncnc2sc3c(c12)CCC3)c1ccccc1. The molecule has 4 rings (SSSR count). The zero-order valence-corrected chi connectivity index (χ0v) is 15.5. The molecule has 0 radical (unpaired) electrons. The largest absolute Gasteiger partial charge is 0.465 e. The minimum absolute atomic E-state index is 0.225. The van der Waals surface area contributed by atoms with E-state index in [-0.39, 0.29) is 5.97 Å². The van der Waals surface area contributed by atoms with Gasteiger partial charge in [-0.2, -0.15) is 0 Å². The number of benzene rings is 1. The normalized spacial score (nSPS) is 14.4. The van der Waals surface area contributed by atoms with Gasteiger partial charge in [0.25, 0.3) is 0 Å². The summed E-state index contributed by atoms with van der Waals surface area (Å²) in [6.45, 7) is 2.20. The molecule has 1 aliphatic rings. The van der Waals surface area contributed by atoms with Crippen molar-refractivity contribution in [1.82, 2.24) is 9.97 Å². The molecule has 1 atom stereocenters. The number of fused-ring (bicyclic) bond motifs is 3. The molecule has 0 N–H and O–H groups in total. The molecule has 3 aromatic rings. The maximum Gasteiger partial charge on any atom is 0.324 e. The molecule has 0 fully saturated rings. The van der Waals surface area contributed by atoms with Gasteiger partial charge in [0.15, 0.2) is 0 Å². The lowest BCUT2D eigenvalue weighted by molar-refractivity contribution is -0.142. The summed E-state index contributed by atoms with van der Waals surface area (Å²) in [5, 5.41) is 1.60. The van der Waals surface area contributed by atoms with Crippen molar-refractivity contribution in [3.05, 3.63) is 52.7 Å². The Hall–Kier alpha value is -1.92. The highest BCUT2D eigenvalue weighted by Crippen LogP contribution is 2.44. The van der Waals surface area contributed by atoms with Gasteiger partial charge in [0, 0.05) is 10.3 Å². The van der Waals surface area contributed by atoms with Crippen LogP contribution in [-0.2, 0) is 22.4 Å². The van der Waals surface area contributed by atoms with Crippen LogP contribution >= 0.6 is 23.1 Å². The first kappa shape index (κ1) is 16.5. The third kappa shape index (κ3) is 3.16. The summed E-state index contributed by atoms with van der Waals surface area (Å²) in [4.78, 5) is 24.0. The lowest BCUT2D eigenvalue weighted by Crippen LogP contribution is -2.13. The molecule has 2 heterocycles. The second kappa shape index (κ2) is 7.14. The maximum absolute atomic E-state index is 12.6. The predicted octanol–water partition coefficient (Wildman–Crippen LogP) is 4.58. The zero-order valence-electron chi connectivity index (χ0n) is 13.9. The number of aryl methyl sites for hydroxylation is 2. The van der Waals surface area contributed by atoms with E-state index < -0.39 is 5.25 Å². The minimum atomic E-state index is -0.420. The lowest BCUT2D eigenvalue weighted by atomic mass is 10.1. The van der Waals surface area contributed by atoms with E-state index in [0.29, 0.717) is 6.61 Å². The molecule has 1 aliphatic carbocycles. The van der Waals surface area contributed by atoms with Crippen LogP contribution in [0.3, 0.4) is 0 Å². The molecule has 0 saturated carbocycles. The summed E-state index contributed by atoms with van der Waals surface area (Å²) in [7, 11) is 0. The Morgan fingerprint density at radius 2 is 2.12 bits per heavy atom. The predicted molar refractivity (Wildman–Crippen MR) is 101 cm³/mol. The standard InChI is InChI=1S/C19H18N2O2S2/c1-2-23-19(22)16(12-7-4-3-5-8-12)25-18-15-13-9-6-10-14(13)24-17(15)20-11-21-18/h3-5,7-8,11,16H,2,6,9-10H2,1H3/t16-/m0/s1. The number of carbonyl (C=O) groups is 1. The number of hydrogen-bond donors (Lipinski definition) is 0. The van der Waals surface area contributed by atoms with E-state index in [2.05, 4.69) is 9.97 Å². The average molecular weight is 370 g/mol. The van der Waals surface area contributed by atoms with Gasteiger partial charge in [0.2, 0.25) is 0 Å². The number of thiophene rings is 1. The van der Waals surface area contributed by atoms with Gasteiger partial charge in [-0.1, -0.05) is 42.1 Å². The van der Waals surface area contributed by atoms with E-state index in [1.807, 2.05) is 37.3 Å². The molecule has 0 bridgehead atoms. The van der Waals surface area contributed by atoms with Gasteiger partial charge in [-0.15, -0.1) is 11.3 Å². The first-order valence-corrected chi connectivity index (χ1v) is 10.1. The van der Waals surface area contributed by atoms with Crippen molar-refractivity contribution < 1.29 is 9.53 Å². The first-order chi connectivity index (χ1) is 12.3. The Kier molecular flexibility index (Phi) is 4.72. The summed E-state index contributed by atoms with van der Waals surface area (Å²) in [5.74, 6) is -0.225. The molecule has 25 heavy (non-hydrogen) atoms. The number of nitrogens with zero attached hydrogens (tertiary/aromatic N) is 2. The highest BCUT2D eigenvalue weighted by Gasteiger charge is 2.27. The number of ether oxygens (including phenoxy) is 1. The van der Waals surface area contributed by atoms with E-state index in [4.69, 9.17) is 4.74 Å². The second-order valence-electron chi connectivity index (χ2n) is 5.88. The smallest absolute Gasteiger partial charge is 0.324 e. The fourth-order valence-corrected chi connectivity index (χ4v) is 5.62. The molecule has 0 amide bonds. The monoisotopic (exact) mass is 370 g/mol. The molecule has 6 heteroatoms. The van der Waals surface area contributed by atoms with Gasteiger partial charge in [-0.05, 0) is 37.3 Å². The van der Waals surface area contributed by atoms with Crippen molar-refractivity contribution in [2.24, 2.45) is 0 Å². The third-order valence-electron chi connectivity index (χ3n) is 4.30. The van der Waals surface area contributed by atoms with Crippen LogP contribution in [0.15, 0.2) is 41.7 Å². The van der Waals surface area contributed by atoms with Gasteiger partial charge >= 0.3 is 5.97 Å². The molecule has 1 aromatic carbocycles. The van der Waals surface area contributed by atoms with Gasteiger partial charge in [-0.25, -0.2) is 9.97 Å². The van der Waals surface area contributed by atoms with Crippen LogP contribution in [0.25, 0.3) is 10.2 Å². The van der Waals surface area contributed by atoms with Gasteiger partial charge in [0.05, 0.1) is 6.61 Å². The number of hydrogen-bond acceptors (Lipinski definition) is 6. The Balaban J connectivity index is 1.75. The average Bonchev–Trinajstić information content (AvgIpc) is 3.21. The molecule has 0 aliphatic heterocycles. The summed E-state index contributed by atoms with van der Waals surface area (Å²) in [6.07, 6.45) is 4.99. The molecule has 4 nitrogen and oxygen atoms in total. The molecular formula is C19H18N2O2S2. The molecule has 128 valence electrons. The molecule has 0 spiro atoms. The van der Waals surface area contributed by atoms with E-state index in [1.54, 1.807) is 17.7 Å². The van der Waals surface area contributed by atoms with Crippen molar-refractivity contribution in [3.8, 4) is 0 Å².